The topological polar surface area (TPSA) is 55.4 Å². The van der Waals surface area contributed by atoms with E-state index < -0.39 is 27.8 Å². The summed E-state index contributed by atoms with van der Waals surface area (Å²) >= 11 is 0. The van der Waals surface area contributed by atoms with Crippen LogP contribution in [0.25, 0.3) is 0 Å². The van der Waals surface area contributed by atoms with Gasteiger partial charge in [-0.2, -0.15) is 13.2 Å². The zero-order chi connectivity index (χ0) is 19.7. The van der Waals surface area contributed by atoms with E-state index in [1.54, 1.807) is 0 Å². The van der Waals surface area contributed by atoms with Gasteiger partial charge in [0, 0.05) is 12.5 Å². The van der Waals surface area contributed by atoms with Gasteiger partial charge in [-0.3, -0.25) is 0 Å². The Balaban J connectivity index is 1.64. The van der Waals surface area contributed by atoms with Gasteiger partial charge in [-0.05, 0) is 48.2 Å². The van der Waals surface area contributed by atoms with Crippen LogP contribution in [0.2, 0.25) is 0 Å². The number of sulfonamides is 1. The van der Waals surface area contributed by atoms with Gasteiger partial charge in [0.05, 0.1) is 17.9 Å². The molecule has 146 valence electrons. The van der Waals surface area contributed by atoms with E-state index in [1.165, 1.54) is 19.1 Å². The Morgan fingerprint density at radius 3 is 2.70 bits per heavy atom. The van der Waals surface area contributed by atoms with Crippen LogP contribution in [0.4, 0.5) is 13.2 Å². The van der Waals surface area contributed by atoms with E-state index >= 15 is 0 Å². The lowest BCUT2D eigenvalue weighted by Crippen LogP contribution is -2.30. The van der Waals surface area contributed by atoms with E-state index in [-0.39, 0.29) is 11.3 Å². The number of benzene rings is 2. The van der Waals surface area contributed by atoms with Crippen molar-refractivity contribution in [2.45, 2.75) is 32.0 Å². The Bertz CT molecular complexity index is 926. The van der Waals surface area contributed by atoms with Gasteiger partial charge in [0.15, 0.2) is 0 Å². The maximum Gasteiger partial charge on any atom is 0.416 e. The molecule has 0 saturated heterocycles. The Morgan fingerprint density at radius 2 is 1.96 bits per heavy atom. The Labute approximate surface area is 156 Å². The normalized spacial score (nSPS) is 15.3. The second-order valence-electron chi connectivity index (χ2n) is 6.57. The van der Waals surface area contributed by atoms with E-state index in [4.69, 9.17) is 4.74 Å². The third kappa shape index (κ3) is 5.01. The quantitative estimate of drug-likeness (QED) is 0.803. The van der Waals surface area contributed by atoms with E-state index in [1.807, 2.05) is 18.2 Å². The molecular formula is C19H20F3NO3S. The first-order valence-electron chi connectivity index (χ1n) is 8.56. The fraction of sp³-hybridized carbons (Fsp3) is 0.368. The molecule has 1 N–H and O–H groups in total. The van der Waals surface area contributed by atoms with Crippen LogP contribution < -0.4 is 9.46 Å². The summed E-state index contributed by atoms with van der Waals surface area (Å²) in [7, 11) is -3.65. The van der Waals surface area contributed by atoms with Crippen molar-refractivity contribution in [2.24, 2.45) is 0 Å². The fourth-order valence-electron chi connectivity index (χ4n) is 3.03. The first kappa shape index (κ1) is 19.7. The standard InChI is InChI=1S/C19H20F3NO3S/c1-13(15-3-2-4-17(12-15)19(20,21)22)23-27(24,25)10-8-14-5-6-18-16(11-14)7-9-26-18/h2-6,11-13,23H,7-10H2,1H3. The molecule has 1 aliphatic rings. The first-order valence-corrected chi connectivity index (χ1v) is 10.2. The molecule has 1 aliphatic heterocycles. The number of aryl methyl sites for hydroxylation is 1. The number of hydrogen-bond donors (Lipinski definition) is 1. The maximum absolute atomic E-state index is 12.8. The highest BCUT2D eigenvalue weighted by Gasteiger charge is 2.31. The Kier molecular flexibility index (Phi) is 5.48. The number of halogens is 3. The summed E-state index contributed by atoms with van der Waals surface area (Å²) in [6.45, 7) is 2.16. The second kappa shape index (κ2) is 7.52. The maximum atomic E-state index is 12.8. The number of fused-ring (bicyclic) bond motifs is 1. The smallest absolute Gasteiger partial charge is 0.416 e. The lowest BCUT2D eigenvalue weighted by Gasteiger charge is -2.16. The minimum absolute atomic E-state index is 0.143. The van der Waals surface area contributed by atoms with Crippen molar-refractivity contribution >= 4 is 10.0 Å². The summed E-state index contributed by atoms with van der Waals surface area (Å²) < 4.78 is 71.0. The molecule has 1 atom stereocenters. The molecule has 0 spiro atoms. The Hall–Kier alpha value is -2.06. The lowest BCUT2D eigenvalue weighted by atomic mass is 10.1. The number of hydrogen-bond acceptors (Lipinski definition) is 3. The van der Waals surface area contributed by atoms with Gasteiger partial charge < -0.3 is 4.74 Å². The average molecular weight is 399 g/mol. The van der Waals surface area contributed by atoms with Crippen molar-refractivity contribution in [3.05, 3.63) is 64.7 Å². The number of ether oxygens (including phenoxy) is 1. The van der Waals surface area contributed by atoms with Gasteiger partial charge in [-0.15, -0.1) is 0 Å². The van der Waals surface area contributed by atoms with Crippen molar-refractivity contribution in [3.63, 3.8) is 0 Å². The first-order chi connectivity index (χ1) is 12.6. The number of rotatable bonds is 6. The lowest BCUT2D eigenvalue weighted by molar-refractivity contribution is -0.137. The van der Waals surface area contributed by atoms with Crippen molar-refractivity contribution in [1.29, 1.82) is 0 Å². The average Bonchev–Trinajstić information content (AvgIpc) is 3.07. The van der Waals surface area contributed by atoms with Crippen LogP contribution in [-0.2, 0) is 29.0 Å². The van der Waals surface area contributed by atoms with Crippen molar-refractivity contribution in [1.82, 2.24) is 4.72 Å². The van der Waals surface area contributed by atoms with Gasteiger partial charge >= 0.3 is 6.18 Å². The van der Waals surface area contributed by atoms with Crippen molar-refractivity contribution in [3.8, 4) is 5.75 Å². The SMILES string of the molecule is CC(NS(=O)(=O)CCc1ccc2c(c1)CCO2)c1cccc(C(F)(F)F)c1. The van der Waals surface area contributed by atoms with Crippen LogP contribution in [0.15, 0.2) is 42.5 Å². The number of alkyl halides is 3. The molecule has 0 aliphatic carbocycles. The molecule has 3 rings (SSSR count). The zero-order valence-electron chi connectivity index (χ0n) is 14.7. The molecule has 1 unspecified atom stereocenters. The predicted molar refractivity (Wildman–Crippen MR) is 96.1 cm³/mol. The minimum atomic E-state index is -4.47. The summed E-state index contributed by atoms with van der Waals surface area (Å²) in [5, 5.41) is 0. The van der Waals surface area contributed by atoms with E-state index in [9.17, 15) is 21.6 Å². The van der Waals surface area contributed by atoms with Gasteiger partial charge in [0.1, 0.15) is 5.75 Å². The van der Waals surface area contributed by atoms with Crippen molar-refractivity contribution in [2.75, 3.05) is 12.4 Å². The third-order valence-corrected chi connectivity index (χ3v) is 5.94. The zero-order valence-corrected chi connectivity index (χ0v) is 15.5. The molecule has 27 heavy (non-hydrogen) atoms. The summed E-state index contributed by atoms with van der Waals surface area (Å²) in [6.07, 6.45) is -3.34. The minimum Gasteiger partial charge on any atom is -0.493 e. The highest BCUT2D eigenvalue weighted by Crippen LogP contribution is 2.31. The van der Waals surface area contributed by atoms with Crippen molar-refractivity contribution < 1.29 is 26.3 Å². The molecule has 0 saturated carbocycles. The van der Waals surface area contributed by atoms with Crippen LogP contribution in [0.5, 0.6) is 5.75 Å². The molecule has 0 amide bonds. The van der Waals surface area contributed by atoms with E-state index in [2.05, 4.69) is 4.72 Å². The van der Waals surface area contributed by atoms with Gasteiger partial charge in [-0.1, -0.05) is 24.3 Å². The molecule has 4 nitrogen and oxygen atoms in total. The Morgan fingerprint density at radius 1 is 1.19 bits per heavy atom. The number of nitrogens with one attached hydrogen (secondary N) is 1. The van der Waals surface area contributed by atoms with Crippen LogP contribution in [0, 0.1) is 0 Å². The monoisotopic (exact) mass is 399 g/mol. The molecule has 0 radical (unpaired) electrons. The van der Waals surface area contributed by atoms with Crippen LogP contribution in [0.1, 0.15) is 35.2 Å². The molecule has 2 aromatic rings. The molecule has 2 aromatic carbocycles. The summed E-state index contributed by atoms with van der Waals surface area (Å²) in [6, 6.07) is 9.52. The third-order valence-electron chi connectivity index (χ3n) is 4.48. The summed E-state index contributed by atoms with van der Waals surface area (Å²) in [5.74, 6) is 0.688. The molecule has 0 fully saturated rings. The van der Waals surface area contributed by atoms with Gasteiger partial charge in [0.2, 0.25) is 10.0 Å². The molecule has 0 bridgehead atoms. The van der Waals surface area contributed by atoms with Crippen LogP contribution in [0.3, 0.4) is 0 Å². The summed E-state index contributed by atoms with van der Waals surface area (Å²) in [5.41, 5.74) is 1.42. The molecular weight excluding hydrogens is 379 g/mol. The van der Waals surface area contributed by atoms with E-state index in [0.29, 0.717) is 13.0 Å². The van der Waals surface area contributed by atoms with Gasteiger partial charge in [-0.25, -0.2) is 13.1 Å². The van der Waals surface area contributed by atoms with Crippen LogP contribution in [-0.4, -0.2) is 20.8 Å². The predicted octanol–water partition coefficient (Wildman–Crippen LogP) is 3.86. The van der Waals surface area contributed by atoms with Gasteiger partial charge in [0.25, 0.3) is 0 Å². The largest absolute Gasteiger partial charge is 0.493 e. The fourth-order valence-corrected chi connectivity index (χ4v) is 4.33. The highest BCUT2D eigenvalue weighted by atomic mass is 32.2. The second-order valence-corrected chi connectivity index (χ2v) is 8.45. The summed E-state index contributed by atoms with van der Waals surface area (Å²) in [4.78, 5) is 0. The highest BCUT2D eigenvalue weighted by molar-refractivity contribution is 7.89. The molecule has 1 heterocycles. The van der Waals surface area contributed by atoms with Crippen LogP contribution >= 0.6 is 0 Å². The molecule has 0 aromatic heterocycles. The molecule has 8 heteroatoms. The van der Waals surface area contributed by atoms with E-state index in [0.717, 1.165) is 35.4 Å².